The monoisotopic (exact) mass is 380 g/mol. The average molecular weight is 380 g/mol. The maximum Gasteiger partial charge on any atom is 0.337 e. The molecule has 144 valence electrons. The first kappa shape index (κ1) is 19.0. The molecular formula is C20H20N4O4. The van der Waals surface area contributed by atoms with Crippen molar-refractivity contribution in [2.24, 2.45) is 0 Å². The number of rotatable bonds is 7. The largest absolute Gasteiger partial charge is 0.493 e. The van der Waals surface area contributed by atoms with Crippen LogP contribution in [0.25, 0.3) is 0 Å². The normalized spacial score (nSPS) is 10.2. The van der Waals surface area contributed by atoms with E-state index >= 15 is 0 Å². The smallest absolute Gasteiger partial charge is 0.337 e. The second-order valence-electron chi connectivity index (χ2n) is 5.89. The minimum absolute atomic E-state index is 0.160. The summed E-state index contributed by atoms with van der Waals surface area (Å²) in [7, 11) is 3.13. The van der Waals surface area contributed by atoms with Gasteiger partial charge in [-0.1, -0.05) is 12.1 Å². The van der Waals surface area contributed by atoms with E-state index in [4.69, 9.17) is 9.47 Å². The van der Waals surface area contributed by atoms with Gasteiger partial charge in [0.25, 0.3) is 0 Å². The average Bonchev–Trinajstić information content (AvgIpc) is 2.67. The van der Waals surface area contributed by atoms with Gasteiger partial charge in [0.2, 0.25) is 5.95 Å². The lowest BCUT2D eigenvalue weighted by Gasteiger charge is -2.13. The highest BCUT2D eigenvalue weighted by Gasteiger charge is 2.11. The number of methoxy groups -OCH3 is 2. The molecule has 0 saturated carbocycles. The minimum atomic E-state index is -1.02. The summed E-state index contributed by atoms with van der Waals surface area (Å²) in [6, 6.07) is 13.7. The van der Waals surface area contributed by atoms with Crippen molar-refractivity contribution < 1.29 is 19.4 Å². The highest BCUT2D eigenvalue weighted by atomic mass is 16.5. The Kier molecular flexibility index (Phi) is 5.59. The zero-order chi connectivity index (χ0) is 20.1. The molecule has 3 rings (SSSR count). The van der Waals surface area contributed by atoms with Crippen molar-refractivity contribution in [1.82, 2.24) is 9.97 Å². The van der Waals surface area contributed by atoms with Crippen LogP contribution in [0.2, 0.25) is 0 Å². The molecule has 0 spiro atoms. The van der Waals surface area contributed by atoms with Crippen molar-refractivity contribution in [3.05, 3.63) is 59.8 Å². The van der Waals surface area contributed by atoms with E-state index in [9.17, 15) is 9.90 Å². The van der Waals surface area contributed by atoms with Crippen LogP contribution in [0, 0.1) is 6.92 Å². The van der Waals surface area contributed by atoms with E-state index in [1.54, 1.807) is 50.6 Å². The predicted molar refractivity (Wildman–Crippen MR) is 106 cm³/mol. The van der Waals surface area contributed by atoms with E-state index in [1.807, 2.05) is 13.0 Å². The Balaban J connectivity index is 1.87. The molecule has 2 aromatic carbocycles. The molecular weight excluding hydrogens is 360 g/mol. The fourth-order valence-electron chi connectivity index (χ4n) is 2.65. The van der Waals surface area contributed by atoms with Crippen molar-refractivity contribution in [3.8, 4) is 11.5 Å². The summed E-state index contributed by atoms with van der Waals surface area (Å²) < 4.78 is 10.5. The lowest BCUT2D eigenvalue weighted by molar-refractivity contribution is 0.0698. The summed E-state index contributed by atoms with van der Waals surface area (Å²) in [5.41, 5.74) is 2.05. The number of ether oxygens (including phenoxy) is 2. The second-order valence-corrected chi connectivity index (χ2v) is 5.89. The maximum absolute atomic E-state index is 11.4. The Morgan fingerprint density at radius 3 is 2.43 bits per heavy atom. The van der Waals surface area contributed by atoms with E-state index < -0.39 is 5.97 Å². The zero-order valence-electron chi connectivity index (χ0n) is 15.7. The number of carboxylic acids is 1. The van der Waals surface area contributed by atoms with Crippen molar-refractivity contribution in [2.75, 3.05) is 24.9 Å². The number of benzene rings is 2. The quantitative estimate of drug-likeness (QED) is 0.565. The third-order valence-electron chi connectivity index (χ3n) is 3.91. The van der Waals surface area contributed by atoms with Gasteiger partial charge in [-0.3, -0.25) is 0 Å². The van der Waals surface area contributed by atoms with Crippen LogP contribution in [-0.4, -0.2) is 35.3 Å². The number of anilines is 4. The molecule has 3 aromatic rings. The van der Waals surface area contributed by atoms with Gasteiger partial charge in [0.1, 0.15) is 5.82 Å². The number of aryl methyl sites for hydroxylation is 1. The van der Waals surface area contributed by atoms with Gasteiger partial charge < -0.3 is 25.2 Å². The Labute approximate surface area is 162 Å². The first-order chi connectivity index (χ1) is 13.5. The summed E-state index contributed by atoms with van der Waals surface area (Å²) in [6.45, 7) is 1.83. The van der Waals surface area contributed by atoms with Crippen LogP contribution in [0.4, 0.5) is 23.1 Å². The van der Waals surface area contributed by atoms with Gasteiger partial charge in [-0.25, -0.2) is 9.78 Å². The number of aromatic nitrogens is 2. The van der Waals surface area contributed by atoms with Crippen molar-refractivity contribution in [1.29, 1.82) is 0 Å². The van der Waals surface area contributed by atoms with Crippen LogP contribution in [-0.2, 0) is 0 Å². The minimum Gasteiger partial charge on any atom is -0.493 e. The maximum atomic E-state index is 11.4. The molecule has 8 nitrogen and oxygen atoms in total. The van der Waals surface area contributed by atoms with Gasteiger partial charge in [0.05, 0.1) is 25.5 Å². The molecule has 0 aliphatic rings. The molecule has 0 bridgehead atoms. The molecule has 0 unspecified atom stereocenters. The molecule has 28 heavy (non-hydrogen) atoms. The Hall–Kier alpha value is -3.81. The number of hydrogen-bond acceptors (Lipinski definition) is 7. The van der Waals surface area contributed by atoms with Gasteiger partial charge in [-0.2, -0.15) is 4.98 Å². The number of nitrogens with zero attached hydrogens (tertiary/aromatic N) is 2. The summed E-state index contributed by atoms with van der Waals surface area (Å²) in [5.74, 6) is 1.02. The second kappa shape index (κ2) is 8.26. The van der Waals surface area contributed by atoms with Crippen LogP contribution in [0.15, 0.2) is 48.5 Å². The summed E-state index contributed by atoms with van der Waals surface area (Å²) >= 11 is 0. The predicted octanol–water partition coefficient (Wildman–Crippen LogP) is 3.99. The van der Waals surface area contributed by atoms with E-state index in [0.717, 1.165) is 5.69 Å². The third-order valence-corrected chi connectivity index (χ3v) is 3.91. The summed E-state index contributed by atoms with van der Waals surface area (Å²) in [4.78, 5) is 20.2. The van der Waals surface area contributed by atoms with Crippen molar-refractivity contribution in [3.63, 3.8) is 0 Å². The van der Waals surface area contributed by atoms with Crippen LogP contribution in [0.3, 0.4) is 0 Å². The molecule has 0 amide bonds. The topological polar surface area (TPSA) is 106 Å². The fraction of sp³-hybridized carbons (Fsp3) is 0.150. The SMILES string of the molecule is COc1ccc(Nc2nc(C)cc(Nc3ccccc3C(=O)O)n2)cc1OC. The van der Waals surface area contributed by atoms with Gasteiger partial charge in [0, 0.05) is 23.5 Å². The Bertz CT molecular complexity index is 1010. The van der Waals surface area contributed by atoms with Crippen LogP contribution in [0.1, 0.15) is 16.1 Å². The number of carboxylic acid groups (broad SMARTS) is 1. The molecule has 0 radical (unpaired) electrons. The number of aromatic carboxylic acids is 1. The molecule has 0 atom stereocenters. The van der Waals surface area contributed by atoms with Crippen molar-refractivity contribution >= 4 is 29.1 Å². The number of hydrogen-bond donors (Lipinski definition) is 3. The van der Waals surface area contributed by atoms with Gasteiger partial charge >= 0.3 is 5.97 Å². The van der Waals surface area contributed by atoms with Gasteiger partial charge in [-0.05, 0) is 31.2 Å². The molecule has 0 saturated heterocycles. The Morgan fingerprint density at radius 1 is 0.964 bits per heavy atom. The number of para-hydroxylation sites is 1. The Morgan fingerprint density at radius 2 is 1.71 bits per heavy atom. The first-order valence-electron chi connectivity index (χ1n) is 8.44. The van der Waals surface area contributed by atoms with E-state index in [-0.39, 0.29) is 5.56 Å². The van der Waals surface area contributed by atoms with Crippen LogP contribution in [0.5, 0.6) is 11.5 Å². The first-order valence-corrected chi connectivity index (χ1v) is 8.44. The highest BCUT2D eigenvalue weighted by molar-refractivity contribution is 5.95. The zero-order valence-corrected chi connectivity index (χ0v) is 15.7. The van der Waals surface area contributed by atoms with Gasteiger partial charge in [0.15, 0.2) is 11.5 Å². The third kappa shape index (κ3) is 4.29. The van der Waals surface area contributed by atoms with E-state index in [2.05, 4.69) is 20.6 Å². The van der Waals surface area contributed by atoms with E-state index in [0.29, 0.717) is 34.6 Å². The molecule has 8 heteroatoms. The van der Waals surface area contributed by atoms with Crippen molar-refractivity contribution in [2.45, 2.75) is 6.92 Å². The summed E-state index contributed by atoms with van der Waals surface area (Å²) in [6.07, 6.45) is 0. The van der Waals surface area contributed by atoms with E-state index in [1.165, 1.54) is 6.07 Å². The molecule has 0 aliphatic carbocycles. The summed E-state index contributed by atoms with van der Waals surface area (Å²) in [5, 5.41) is 15.5. The molecule has 1 heterocycles. The van der Waals surface area contributed by atoms with Gasteiger partial charge in [-0.15, -0.1) is 0 Å². The fourth-order valence-corrected chi connectivity index (χ4v) is 2.65. The standard InChI is InChI=1S/C20H20N4O4/c1-12-10-18(23-15-7-5-4-6-14(15)19(25)26)24-20(21-12)22-13-8-9-16(27-2)17(11-13)28-3/h4-11H,1-3H3,(H,25,26)(H2,21,22,23,24). The molecule has 3 N–H and O–H groups in total. The molecule has 0 aliphatic heterocycles. The molecule has 1 aromatic heterocycles. The lowest BCUT2D eigenvalue weighted by Crippen LogP contribution is -2.06. The van der Waals surface area contributed by atoms with Crippen LogP contribution < -0.4 is 20.1 Å². The lowest BCUT2D eigenvalue weighted by atomic mass is 10.2. The molecule has 0 fully saturated rings. The van der Waals surface area contributed by atoms with Crippen LogP contribution >= 0.6 is 0 Å². The number of nitrogens with one attached hydrogen (secondary N) is 2. The highest BCUT2D eigenvalue weighted by Crippen LogP contribution is 2.31. The number of carbonyl (C=O) groups is 1.